The standard InChI is InChI=1S/C15H18N2OS/c18-15(17-10-11-5-8-19-9-6-11)13-2-1-3-14-12(13)4-7-16-14/h1-4,7,11,16H,5-6,8-10H2,(H,17,18). The third-order valence-corrected chi connectivity index (χ3v) is 4.78. The zero-order chi connectivity index (χ0) is 13.1. The van der Waals surface area contributed by atoms with Crippen LogP contribution in [-0.2, 0) is 0 Å². The minimum atomic E-state index is 0.0448. The molecule has 1 aromatic carbocycles. The third-order valence-electron chi connectivity index (χ3n) is 3.73. The molecule has 2 N–H and O–H groups in total. The van der Waals surface area contributed by atoms with E-state index in [0.717, 1.165) is 23.0 Å². The molecule has 1 aliphatic heterocycles. The lowest BCUT2D eigenvalue weighted by Gasteiger charge is -2.21. The van der Waals surface area contributed by atoms with Gasteiger partial charge in [0.15, 0.2) is 0 Å². The van der Waals surface area contributed by atoms with E-state index in [1.807, 2.05) is 42.2 Å². The van der Waals surface area contributed by atoms with Crippen molar-refractivity contribution in [3.05, 3.63) is 36.0 Å². The summed E-state index contributed by atoms with van der Waals surface area (Å²) in [6.45, 7) is 0.806. The Morgan fingerprint density at radius 2 is 2.16 bits per heavy atom. The molecule has 1 aromatic heterocycles. The molecule has 0 saturated carbocycles. The van der Waals surface area contributed by atoms with Crippen LogP contribution in [0.5, 0.6) is 0 Å². The summed E-state index contributed by atoms with van der Waals surface area (Å²) in [5, 5.41) is 4.09. The van der Waals surface area contributed by atoms with E-state index in [-0.39, 0.29) is 5.91 Å². The molecule has 100 valence electrons. The summed E-state index contributed by atoms with van der Waals surface area (Å²) in [6, 6.07) is 7.76. The molecule has 0 aliphatic carbocycles. The summed E-state index contributed by atoms with van der Waals surface area (Å²) >= 11 is 2.02. The molecule has 3 nitrogen and oxygen atoms in total. The monoisotopic (exact) mass is 274 g/mol. The zero-order valence-corrected chi connectivity index (χ0v) is 11.6. The Hall–Kier alpha value is -1.42. The number of carbonyl (C=O) groups excluding carboxylic acids is 1. The summed E-state index contributed by atoms with van der Waals surface area (Å²) in [4.78, 5) is 15.4. The lowest BCUT2D eigenvalue weighted by atomic mass is 10.0. The van der Waals surface area contributed by atoms with Gasteiger partial charge in [-0.3, -0.25) is 4.79 Å². The molecule has 4 heteroatoms. The highest BCUT2D eigenvalue weighted by Crippen LogP contribution is 2.22. The van der Waals surface area contributed by atoms with E-state index in [0.29, 0.717) is 5.92 Å². The Bertz CT molecular complexity index is 572. The van der Waals surface area contributed by atoms with E-state index in [1.165, 1.54) is 24.3 Å². The molecule has 0 radical (unpaired) electrons. The van der Waals surface area contributed by atoms with Crippen molar-refractivity contribution in [1.29, 1.82) is 0 Å². The van der Waals surface area contributed by atoms with Crippen LogP contribution in [-0.4, -0.2) is 28.9 Å². The fraction of sp³-hybridized carbons (Fsp3) is 0.400. The summed E-state index contributed by atoms with van der Waals surface area (Å²) in [5.41, 5.74) is 1.78. The molecule has 1 amide bonds. The lowest BCUT2D eigenvalue weighted by molar-refractivity contribution is 0.0948. The number of nitrogens with one attached hydrogen (secondary N) is 2. The number of carbonyl (C=O) groups is 1. The Morgan fingerprint density at radius 1 is 1.32 bits per heavy atom. The molecule has 0 bridgehead atoms. The Kier molecular flexibility index (Phi) is 3.78. The number of thioether (sulfide) groups is 1. The molecule has 3 rings (SSSR count). The first-order valence-corrected chi connectivity index (χ1v) is 7.92. The van der Waals surface area contributed by atoms with Gasteiger partial charge in [-0.2, -0.15) is 11.8 Å². The second-order valence-corrected chi connectivity index (χ2v) is 6.23. The van der Waals surface area contributed by atoms with E-state index in [2.05, 4.69) is 10.3 Å². The van der Waals surface area contributed by atoms with Crippen LogP contribution in [0.15, 0.2) is 30.5 Å². The number of hydrogen-bond donors (Lipinski definition) is 2. The molecular formula is C15H18N2OS. The van der Waals surface area contributed by atoms with Gasteiger partial charge < -0.3 is 10.3 Å². The molecular weight excluding hydrogens is 256 g/mol. The molecule has 1 aliphatic rings. The van der Waals surface area contributed by atoms with Gasteiger partial charge in [0.25, 0.3) is 5.91 Å². The van der Waals surface area contributed by atoms with Crippen molar-refractivity contribution in [2.75, 3.05) is 18.1 Å². The topological polar surface area (TPSA) is 44.9 Å². The van der Waals surface area contributed by atoms with E-state index in [4.69, 9.17) is 0 Å². The maximum absolute atomic E-state index is 12.3. The number of aromatic nitrogens is 1. The molecule has 0 unspecified atom stereocenters. The van der Waals surface area contributed by atoms with Crippen molar-refractivity contribution in [3.63, 3.8) is 0 Å². The molecule has 1 saturated heterocycles. The molecule has 19 heavy (non-hydrogen) atoms. The van der Waals surface area contributed by atoms with Gasteiger partial charge in [-0.15, -0.1) is 0 Å². The predicted octanol–water partition coefficient (Wildman–Crippen LogP) is 3.04. The summed E-state index contributed by atoms with van der Waals surface area (Å²) in [7, 11) is 0. The Balaban J connectivity index is 1.68. The van der Waals surface area contributed by atoms with Crippen molar-refractivity contribution in [3.8, 4) is 0 Å². The molecule has 2 heterocycles. The number of fused-ring (bicyclic) bond motifs is 1. The van der Waals surface area contributed by atoms with Crippen LogP contribution in [0, 0.1) is 5.92 Å². The van der Waals surface area contributed by atoms with E-state index < -0.39 is 0 Å². The molecule has 0 spiro atoms. The number of hydrogen-bond acceptors (Lipinski definition) is 2. The van der Waals surface area contributed by atoms with Gasteiger partial charge in [0, 0.05) is 29.2 Å². The van der Waals surface area contributed by atoms with E-state index >= 15 is 0 Å². The number of aromatic amines is 1. The van der Waals surface area contributed by atoms with Crippen LogP contribution >= 0.6 is 11.8 Å². The Morgan fingerprint density at radius 3 is 3.00 bits per heavy atom. The summed E-state index contributed by atoms with van der Waals surface area (Å²) in [5.74, 6) is 3.15. The van der Waals surface area contributed by atoms with Crippen LogP contribution in [0.1, 0.15) is 23.2 Å². The minimum absolute atomic E-state index is 0.0448. The highest BCUT2D eigenvalue weighted by molar-refractivity contribution is 7.99. The predicted molar refractivity (Wildman–Crippen MR) is 80.7 cm³/mol. The quantitative estimate of drug-likeness (QED) is 0.903. The SMILES string of the molecule is O=C(NCC1CCSCC1)c1cccc2[nH]ccc12. The van der Waals surface area contributed by atoms with Crippen molar-refractivity contribution in [1.82, 2.24) is 10.3 Å². The van der Waals surface area contributed by atoms with Gasteiger partial charge in [-0.25, -0.2) is 0 Å². The van der Waals surface area contributed by atoms with Crippen LogP contribution < -0.4 is 5.32 Å². The lowest BCUT2D eigenvalue weighted by Crippen LogP contribution is -2.31. The maximum atomic E-state index is 12.3. The maximum Gasteiger partial charge on any atom is 0.251 e. The number of H-pyrrole nitrogens is 1. The summed E-state index contributed by atoms with van der Waals surface area (Å²) < 4.78 is 0. The minimum Gasteiger partial charge on any atom is -0.361 e. The number of rotatable bonds is 3. The van der Waals surface area contributed by atoms with Crippen LogP contribution in [0.2, 0.25) is 0 Å². The molecule has 0 atom stereocenters. The van der Waals surface area contributed by atoms with Crippen molar-refractivity contribution < 1.29 is 4.79 Å². The summed E-state index contributed by atoms with van der Waals surface area (Å²) in [6.07, 6.45) is 4.32. The average Bonchev–Trinajstić information content (AvgIpc) is 2.94. The van der Waals surface area contributed by atoms with Crippen molar-refractivity contribution in [2.45, 2.75) is 12.8 Å². The first-order valence-electron chi connectivity index (χ1n) is 6.76. The fourth-order valence-electron chi connectivity index (χ4n) is 2.57. The van der Waals surface area contributed by atoms with E-state index in [1.54, 1.807) is 0 Å². The second kappa shape index (κ2) is 5.70. The van der Waals surface area contributed by atoms with Gasteiger partial charge in [-0.1, -0.05) is 6.07 Å². The van der Waals surface area contributed by atoms with Gasteiger partial charge in [-0.05, 0) is 48.5 Å². The highest BCUT2D eigenvalue weighted by Gasteiger charge is 2.16. The third kappa shape index (κ3) is 2.78. The normalized spacial score (nSPS) is 16.6. The number of benzene rings is 1. The smallest absolute Gasteiger partial charge is 0.251 e. The molecule has 2 aromatic rings. The van der Waals surface area contributed by atoms with Gasteiger partial charge in [0.05, 0.1) is 0 Å². The van der Waals surface area contributed by atoms with E-state index in [9.17, 15) is 4.79 Å². The van der Waals surface area contributed by atoms with Crippen molar-refractivity contribution >= 4 is 28.6 Å². The fourth-order valence-corrected chi connectivity index (χ4v) is 3.77. The zero-order valence-electron chi connectivity index (χ0n) is 10.8. The second-order valence-electron chi connectivity index (χ2n) is 5.01. The van der Waals surface area contributed by atoms with Crippen LogP contribution in [0.3, 0.4) is 0 Å². The van der Waals surface area contributed by atoms with Gasteiger partial charge >= 0.3 is 0 Å². The van der Waals surface area contributed by atoms with Crippen LogP contribution in [0.25, 0.3) is 10.9 Å². The van der Waals surface area contributed by atoms with Crippen LogP contribution in [0.4, 0.5) is 0 Å². The van der Waals surface area contributed by atoms with Gasteiger partial charge in [0.2, 0.25) is 0 Å². The van der Waals surface area contributed by atoms with Crippen molar-refractivity contribution in [2.24, 2.45) is 5.92 Å². The molecule has 1 fully saturated rings. The average molecular weight is 274 g/mol. The largest absolute Gasteiger partial charge is 0.361 e. The highest BCUT2D eigenvalue weighted by atomic mass is 32.2. The Labute approximate surface area is 117 Å². The van der Waals surface area contributed by atoms with Gasteiger partial charge in [0.1, 0.15) is 0 Å². The first-order chi connectivity index (χ1) is 9.34. The number of amides is 1. The first kappa shape index (κ1) is 12.6.